The summed E-state index contributed by atoms with van der Waals surface area (Å²) in [5, 5.41) is 27.9. The fourth-order valence-electron chi connectivity index (χ4n) is 5.50. The first-order chi connectivity index (χ1) is 29.9. The van der Waals surface area contributed by atoms with Crippen LogP contribution in [0.3, 0.4) is 0 Å². The number of hydrogen-bond donors (Lipinski definition) is 4. The van der Waals surface area contributed by atoms with Crippen LogP contribution in [0.4, 0.5) is 34.1 Å². The minimum absolute atomic E-state index is 0.0654. The maximum Gasteiger partial charge on any atom is 0.258 e. The van der Waals surface area contributed by atoms with Gasteiger partial charge in [0.1, 0.15) is 0 Å². The number of Topliss-reactive ketones (excluding diaryl/α,β-unsaturated/α-hetero) is 2. The molecular formula is C42H31Cl7N8O6. The molecular weight excluding hydrogens is 961 g/mol. The lowest BCUT2D eigenvalue weighted by Crippen LogP contribution is -2.32. The number of benzene rings is 5. The summed E-state index contributed by atoms with van der Waals surface area (Å²) in [6.45, 7) is 2.30. The predicted octanol–water partition coefficient (Wildman–Crippen LogP) is 12.3. The number of anilines is 4. The number of ketones is 2. The summed E-state index contributed by atoms with van der Waals surface area (Å²) in [5.74, 6) is -4.09. The van der Waals surface area contributed by atoms with Gasteiger partial charge in [-0.2, -0.15) is 20.5 Å². The molecule has 0 aliphatic carbocycles. The fourth-order valence-corrected chi connectivity index (χ4v) is 6.84. The molecule has 5 aromatic carbocycles. The molecule has 0 fully saturated rings. The second-order valence-corrected chi connectivity index (χ2v) is 16.2. The first-order valence-corrected chi connectivity index (χ1v) is 21.0. The highest BCUT2D eigenvalue weighted by Gasteiger charge is 2.26. The second-order valence-electron chi connectivity index (χ2n) is 13.3. The van der Waals surface area contributed by atoms with E-state index in [-0.39, 0.29) is 77.6 Å². The van der Waals surface area contributed by atoms with Gasteiger partial charge in [0.2, 0.25) is 12.1 Å². The zero-order valence-corrected chi connectivity index (χ0v) is 37.9. The van der Waals surface area contributed by atoms with Crippen molar-refractivity contribution in [3.05, 3.63) is 138 Å². The predicted molar refractivity (Wildman–Crippen MR) is 248 cm³/mol. The monoisotopic (exact) mass is 988 g/mol. The van der Waals surface area contributed by atoms with Crippen molar-refractivity contribution in [2.75, 3.05) is 27.1 Å². The Morgan fingerprint density at radius 2 is 0.968 bits per heavy atom. The molecule has 63 heavy (non-hydrogen) atoms. The Morgan fingerprint density at radius 3 is 1.41 bits per heavy atom. The van der Waals surface area contributed by atoms with Gasteiger partial charge in [-0.15, -0.1) is 11.6 Å². The molecule has 14 nitrogen and oxygen atoms in total. The molecule has 0 spiro atoms. The van der Waals surface area contributed by atoms with Gasteiger partial charge in [0, 0.05) is 48.5 Å². The number of amides is 4. The summed E-state index contributed by atoms with van der Waals surface area (Å²) in [4.78, 5) is 78.0. The molecule has 0 aromatic heterocycles. The van der Waals surface area contributed by atoms with E-state index in [1.165, 1.54) is 78.9 Å². The first kappa shape index (κ1) is 48.6. The molecule has 5 aromatic rings. The normalized spacial score (nSPS) is 12.1. The molecule has 0 saturated heterocycles. The molecule has 4 N–H and O–H groups in total. The number of azo groups is 2. The van der Waals surface area contributed by atoms with Gasteiger partial charge in [-0.05, 0) is 117 Å². The topological polar surface area (TPSA) is 200 Å². The number of carbonyl (C=O) groups is 6. The molecule has 0 heterocycles. The zero-order valence-electron chi connectivity index (χ0n) is 32.6. The van der Waals surface area contributed by atoms with Crippen LogP contribution in [-0.2, 0) is 25.6 Å². The van der Waals surface area contributed by atoms with Crippen molar-refractivity contribution in [1.82, 2.24) is 0 Å². The van der Waals surface area contributed by atoms with Gasteiger partial charge in [0.05, 0.1) is 32.8 Å². The van der Waals surface area contributed by atoms with E-state index in [1.54, 1.807) is 12.1 Å². The summed E-state index contributed by atoms with van der Waals surface area (Å²) < 4.78 is 0. The second kappa shape index (κ2) is 22.3. The number of nitrogens with zero attached hydrogens (tertiary/aromatic N) is 4. The largest absolute Gasteiger partial charge is 0.324 e. The van der Waals surface area contributed by atoms with Crippen LogP contribution in [0.25, 0.3) is 0 Å². The van der Waals surface area contributed by atoms with E-state index in [0.29, 0.717) is 15.6 Å². The Kier molecular flexibility index (Phi) is 17.2. The van der Waals surface area contributed by atoms with Crippen LogP contribution in [-0.4, -0.2) is 53.2 Å². The van der Waals surface area contributed by atoms with Gasteiger partial charge in [-0.1, -0.05) is 69.6 Å². The Balaban J connectivity index is 1.28. The highest BCUT2D eigenvalue weighted by atomic mass is 35.5. The lowest BCUT2D eigenvalue weighted by atomic mass is 10.1. The van der Waals surface area contributed by atoms with Crippen LogP contribution in [0, 0.1) is 0 Å². The average Bonchev–Trinajstić information content (AvgIpc) is 3.21. The minimum Gasteiger partial charge on any atom is -0.324 e. The van der Waals surface area contributed by atoms with Crippen LogP contribution < -0.4 is 21.3 Å². The van der Waals surface area contributed by atoms with Gasteiger partial charge in [0.25, 0.3) is 23.6 Å². The maximum absolute atomic E-state index is 13.4. The standard InChI is InChI=1S/C42H31Cl7N8O6/c1-20(58)37(56-54-30-14-23(11-27(46)16-30)39(60)52-35-18-25(44)3-6-32(35)48)41(62)50-29-5-8-34(22(13-29)9-10-43)51-42(63)38(21(2)59)57-55-31-15-24(12-28(47)17-31)40(61)53-36-19-26(45)4-7-33(36)49/h3-8,11-19,37-38H,9-10H2,1-2H3,(H,50,62)(H,51,63)(H,52,60)(H,53,61). The van der Waals surface area contributed by atoms with Crippen LogP contribution in [0.15, 0.2) is 111 Å². The van der Waals surface area contributed by atoms with Crippen LogP contribution in [0.1, 0.15) is 40.1 Å². The minimum atomic E-state index is -1.62. The molecule has 2 atom stereocenters. The Morgan fingerprint density at radius 1 is 0.508 bits per heavy atom. The molecule has 0 bridgehead atoms. The van der Waals surface area contributed by atoms with Crippen molar-refractivity contribution >= 4 is 151 Å². The van der Waals surface area contributed by atoms with E-state index in [9.17, 15) is 28.8 Å². The van der Waals surface area contributed by atoms with Gasteiger partial charge in [0.15, 0.2) is 11.6 Å². The number of nitrogens with one attached hydrogen (secondary N) is 4. The molecule has 21 heteroatoms. The third-order valence-corrected chi connectivity index (χ3v) is 10.2. The molecule has 2 unspecified atom stereocenters. The summed E-state index contributed by atoms with van der Waals surface area (Å²) in [7, 11) is 0. The number of aryl methyl sites for hydroxylation is 1. The molecule has 0 radical (unpaired) electrons. The van der Waals surface area contributed by atoms with E-state index < -0.39 is 47.3 Å². The molecule has 5 rings (SSSR count). The van der Waals surface area contributed by atoms with E-state index in [2.05, 4.69) is 41.7 Å². The molecule has 0 aliphatic rings. The first-order valence-electron chi connectivity index (χ1n) is 18.2. The molecule has 0 saturated carbocycles. The van der Waals surface area contributed by atoms with Crippen molar-refractivity contribution in [3.8, 4) is 0 Å². The number of carbonyl (C=O) groups excluding carboxylic acids is 6. The molecule has 4 amide bonds. The smallest absolute Gasteiger partial charge is 0.258 e. The van der Waals surface area contributed by atoms with Crippen molar-refractivity contribution in [2.45, 2.75) is 32.4 Å². The third-order valence-electron chi connectivity index (χ3n) is 8.48. The zero-order chi connectivity index (χ0) is 46.0. The Labute approximate surface area is 394 Å². The van der Waals surface area contributed by atoms with Crippen molar-refractivity contribution in [2.24, 2.45) is 20.5 Å². The van der Waals surface area contributed by atoms with Crippen molar-refractivity contribution in [1.29, 1.82) is 0 Å². The summed E-state index contributed by atoms with van der Waals surface area (Å²) >= 11 is 43.0. The average molecular weight is 992 g/mol. The Hall–Kier alpha value is -5.45. The van der Waals surface area contributed by atoms with Crippen molar-refractivity contribution in [3.63, 3.8) is 0 Å². The molecule has 0 aliphatic heterocycles. The molecule has 324 valence electrons. The fraction of sp³-hybridized carbons (Fsp3) is 0.143. The van der Waals surface area contributed by atoms with Gasteiger partial charge >= 0.3 is 0 Å². The van der Waals surface area contributed by atoms with Gasteiger partial charge in [-0.3, -0.25) is 28.8 Å². The summed E-state index contributed by atoms with van der Waals surface area (Å²) in [5.41, 5.74) is 1.70. The number of hydrogen-bond acceptors (Lipinski definition) is 10. The van der Waals surface area contributed by atoms with Gasteiger partial charge < -0.3 is 21.3 Å². The van der Waals surface area contributed by atoms with Crippen LogP contribution in [0.2, 0.25) is 30.1 Å². The highest BCUT2D eigenvalue weighted by molar-refractivity contribution is 6.37. The third kappa shape index (κ3) is 13.8. The maximum atomic E-state index is 13.4. The van der Waals surface area contributed by atoms with Gasteiger partial charge in [-0.25, -0.2) is 0 Å². The van der Waals surface area contributed by atoms with E-state index >= 15 is 0 Å². The quantitative estimate of drug-likeness (QED) is 0.0430. The lowest BCUT2D eigenvalue weighted by molar-refractivity contribution is -0.127. The van der Waals surface area contributed by atoms with E-state index in [4.69, 9.17) is 81.2 Å². The van der Waals surface area contributed by atoms with Crippen molar-refractivity contribution < 1.29 is 28.8 Å². The SMILES string of the molecule is CC(=O)C(N=Nc1cc(Cl)cc(C(=O)Nc2cc(Cl)ccc2Cl)c1)C(=O)Nc1ccc(NC(=O)C(N=Nc2cc(Cl)cc(C(=O)Nc3cc(Cl)ccc3Cl)c2)C(C)=O)c(CCCl)c1. The summed E-state index contributed by atoms with van der Waals surface area (Å²) in [6, 6.07) is 18.5. The number of rotatable bonds is 16. The van der Waals surface area contributed by atoms with Crippen LogP contribution >= 0.6 is 81.2 Å². The van der Waals surface area contributed by atoms with Crippen LogP contribution in [0.5, 0.6) is 0 Å². The highest BCUT2D eigenvalue weighted by Crippen LogP contribution is 2.30. The number of alkyl halides is 1. The Bertz CT molecular complexity index is 2700. The van der Waals surface area contributed by atoms with E-state index in [1.807, 2.05) is 0 Å². The number of halogens is 7. The van der Waals surface area contributed by atoms with E-state index in [0.717, 1.165) is 13.8 Å². The summed E-state index contributed by atoms with van der Waals surface area (Å²) in [6.07, 6.45) is 0.199. The lowest BCUT2D eigenvalue weighted by Gasteiger charge is -2.15.